The van der Waals surface area contributed by atoms with Gasteiger partial charge in [-0.3, -0.25) is 4.98 Å². The van der Waals surface area contributed by atoms with Crippen LogP contribution < -0.4 is 10.0 Å². The Labute approximate surface area is 171 Å². The van der Waals surface area contributed by atoms with Gasteiger partial charge >= 0.3 is 6.03 Å². The number of halogens is 1. The third-order valence-corrected chi connectivity index (χ3v) is 6.62. The number of nitrogens with one attached hydrogen (secondary N) is 2. The number of hydrogen-bond acceptors (Lipinski definition) is 4. The molecule has 0 fully saturated rings. The molecule has 2 unspecified atom stereocenters. The predicted octanol–water partition coefficient (Wildman–Crippen LogP) is 4.04. The van der Waals surface area contributed by atoms with Crippen LogP contribution in [-0.4, -0.2) is 34.2 Å². The molecule has 1 aliphatic heterocycles. The Bertz CT molecular complexity index is 1040. The molecule has 2 atom stereocenters. The molecule has 1 aliphatic rings. The van der Waals surface area contributed by atoms with Crippen molar-refractivity contribution < 1.29 is 13.4 Å². The lowest BCUT2D eigenvalue weighted by Gasteiger charge is -2.25. The lowest BCUT2D eigenvalue weighted by atomic mass is 9.98. The van der Waals surface area contributed by atoms with Crippen molar-refractivity contribution in [1.82, 2.24) is 14.6 Å². The Balaban J connectivity index is 2.05. The molecule has 0 spiro atoms. The monoisotopic (exact) mass is 419 g/mol. The first-order valence-corrected chi connectivity index (χ1v) is 10.9. The summed E-state index contributed by atoms with van der Waals surface area (Å²) in [7, 11) is 0.683. The highest BCUT2D eigenvalue weighted by atomic mass is 32.2. The molecule has 0 bridgehead atoms. The van der Waals surface area contributed by atoms with Crippen molar-refractivity contribution in [2.45, 2.75) is 44.2 Å². The SMILES string of the molecule is CC(C)c1c(F)cnc2c1NC(=O)N=S(=O)(c1ccc(CN(C)C)cc1)NC2C. The first-order valence-electron chi connectivity index (χ1n) is 9.38. The van der Waals surface area contributed by atoms with E-state index in [1.165, 1.54) is 0 Å². The number of nitrogens with zero attached hydrogens (tertiary/aromatic N) is 3. The van der Waals surface area contributed by atoms with E-state index in [1.54, 1.807) is 19.1 Å². The summed E-state index contributed by atoms with van der Waals surface area (Å²) in [4.78, 5) is 19.1. The zero-order chi connectivity index (χ0) is 21.3. The van der Waals surface area contributed by atoms with Crippen molar-refractivity contribution in [2.75, 3.05) is 19.4 Å². The second kappa shape index (κ2) is 8.17. The number of carbonyl (C=O) groups excluding carboxylic acids is 1. The summed E-state index contributed by atoms with van der Waals surface area (Å²) in [6.45, 7) is 6.17. The van der Waals surface area contributed by atoms with Crippen molar-refractivity contribution >= 4 is 21.6 Å². The number of pyridine rings is 1. The number of carbonyl (C=O) groups is 1. The maximum Gasteiger partial charge on any atom is 0.354 e. The average Bonchev–Trinajstić information content (AvgIpc) is 2.60. The Morgan fingerprint density at radius 3 is 2.48 bits per heavy atom. The van der Waals surface area contributed by atoms with Crippen LogP contribution in [0.4, 0.5) is 14.9 Å². The van der Waals surface area contributed by atoms with Gasteiger partial charge in [0.1, 0.15) is 15.7 Å². The van der Waals surface area contributed by atoms with Crippen molar-refractivity contribution in [3.63, 3.8) is 0 Å². The Hall–Kier alpha value is -2.36. The molecular weight excluding hydrogens is 393 g/mol. The third-order valence-electron chi connectivity index (χ3n) is 4.61. The number of benzene rings is 1. The van der Waals surface area contributed by atoms with Gasteiger partial charge in [-0.2, -0.15) is 0 Å². The summed E-state index contributed by atoms with van der Waals surface area (Å²) in [5.41, 5.74) is 2.12. The maximum atomic E-state index is 14.3. The van der Waals surface area contributed by atoms with E-state index in [1.807, 2.05) is 45.0 Å². The van der Waals surface area contributed by atoms with Crippen LogP contribution in [0.2, 0.25) is 0 Å². The lowest BCUT2D eigenvalue weighted by Crippen LogP contribution is -2.32. The van der Waals surface area contributed by atoms with Gasteiger partial charge in [0.2, 0.25) is 0 Å². The van der Waals surface area contributed by atoms with Gasteiger partial charge in [-0.05, 0) is 44.6 Å². The van der Waals surface area contributed by atoms with E-state index in [-0.39, 0.29) is 11.6 Å². The second-order valence-corrected chi connectivity index (χ2v) is 9.64. The van der Waals surface area contributed by atoms with Gasteiger partial charge < -0.3 is 10.2 Å². The van der Waals surface area contributed by atoms with E-state index in [2.05, 4.69) is 19.4 Å². The number of anilines is 1. The maximum absolute atomic E-state index is 14.3. The van der Waals surface area contributed by atoms with E-state index >= 15 is 0 Å². The molecule has 7 nitrogen and oxygen atoms in total. The van der Waals surface area contributed by atoms with Gasteiger partial charge in [0.25, 0.3) is 0 Å². The van der Waals surface area contributed by atoms with Crippen LogP contribution >= 0.6 is 0 Å². The summed E-state index contributed by atoms with van der Waals surface area (Å²) in [6.07, 6.45) is 1.13. The summed E-state index contributed by atoms with van der Waals surface area (Å²) in [5, 5.41) is 2.61. The van der Waals surface area contributed by atoms with Crippen LogP contribution in [0.5, 0.6) is 0 Å². The Kier molecular flexibility index (Phi) is 6.02. The number of fused-ring (bicyclic) bond motifs is 1. The molecule has 3 rings (SSSR count). The highest BCUT2D eigenvalue weighted by molar-refractivity contribution is 7.92. The van der Waals surface area contributed by atoms with Crippen molar-refractivity contribution in [1.29, 1.82) is 0 Å². The van der Waals surface area contributed by atoms with Crippen LogP contribution in [0.1, 0.15) is 49.6 Å². The van der Waals surface area contributed by atoms with Crippen LogP contribution in [0.15, 0.2) is 39.7 Å². The van der Waals surface area contributed by atoms with Crippen LogP contribution in [0.3, 0.4) is 0 Å². The molecular formula is C20H26FN5O2S. The Morgan fingerprint density at radius 2 is 1.90 bits per heavy atom. The molecule has 9 heteroatoms. The number of amides is 2. The summed E-state index contributed by atoms with van der Waals surface area (Å²) >= 11 is 0. The van der Waals surface area contributed by atoms with Crippen LogP contribution in [-0.2, 0) is 16.5 Å². The highest BCUT2D eigenvalue weighted by Gasteiger charge is 2.28. The number of hydrogen-bond donors (Lipinski definition) is 2. The van der Waals surface area contributed by atoms with Crippen molar-refractivity contribution in [3.05, 3.63) is 53.1 Å². The standard InChI is InChI=1S/C20H26FN5O2S/c1-12(2)17-16(21)10-22-18-13(3)24-29(28,25-20(27)23-19(17)18)15-8-6-14(7-9-15)11-26(4)5/h6-10,12-13H,11H2,1-5H3,(H2,23,24,25,27,28). The fraction of sp³-hybridized carbons (Fsp3) is 0.400. The van der Waals surface area contributed by atoms with Gasteiger partial charge in [0, 0.05) is 12.1 Å². The minimum atomic E-state index is -3.24. The van der Waals surface area contributed by atoms with Crippen molar-refractivity contribution in [3.8, 4) is 0 Å². The molecule has 2 aromatic rings. The smallest absolute Gasteiger partial charge is 0.305 e. The molecule has 1 aromatic heterocycles. The molecule has 0 saturated carbocycles. The molecule has 0 saturated heterocycles. The minimum Gasteiger partial charge on any atom is -0.305 e. The largest absolute Gasteiger partial charge is 0.354 e. The summed E-state index contributed by atoms with van der Waals surface area (Å²) in [5.74, 6) is -0.670. The molecule has 156 valence electrons. The summed E-state index contributed by atoms with van der Waals surface area (Å²) < 4.78 is 34.8. The minimum absolute atomic E-state index is 0.174. The number of aromatic nitrogens is 1. The molecule has 0 radical (unpaired) electrons. The van der Waals surface area contributed by atoms with Crippen LogP contribution in [0.25, 0.3) is 0 Å². The van der Waals surface area contributed by atoms with Crippen LogP contribution in [0, 0.1) is 5.82 Å². The average molecular weight is 420 g/mol. The van der Waals surface area contributed by atoms with E-state index in [0.717, 1.165) is 18.3 Å². The third kappa shape index (κ3) is 4.47. The highest BCUT2D eigenvalue weighted by Crippen LogP contribution is 2.34. The topological polar surface area (TPSA) is 86.7 Å². The fourth-order valence-corrected chi connectivity index (χ4v) is 5.04. The van der Waals surface area contributed by atoms with Crippen molar-refractivity contribution in [2.24, 2.45) is 4.36 Å². The fourth-order valence-electron chi connectivity index (χ4n) is 3.38. The first-order chi connectivity index (χ1) is 13.6. The van der Waals surface area contributed by atoms with E-state index in [4.69, 9.17) is 0 Å². The Morgan fingerprint density at radius 1 is 1.24 bits per heavy atom. The van der Waals surface area contributed by atoms with E-state index in [0.29, 0.717) is 16.2 Å². The molecule has 2 heterocycles. The van der Waals surface area contributed by atoms with Gasteiger partial charge in [0.05, 0.1) is 28.5 Å². The molecule has 0 aliphatic carbocycles. The summed E-state index contributed by atoms with van der Waals surface area (Å²) in [6, 6.07) is 5.80. The molecule has 2 amide bonds. The normalized spacial score (nSPS) is 21.9. The molecule has 2 N–H and O–H groups in total. The van der Waals surface area contributed by atoms with Gasteiger partial charge in [-0.15, -0.1) is 4.36 Å². The molecule has 1 aromatic carbocycles. The number of rotatable bonds is 4. The quantitative estimate of drug-likeness (QED) is 0.783. The predicted molar refractivity (Wildman–Crippen MR) is 112 cm³/mol. The second-order valence-electron chi connectivity index (χ2n) is 7.70. The molecule has 29 heavy (non-hydrogen) atoms. The van der Waals surface area contributed by atoms with Gasteiger partial charge in [0.15, 0.2) is 0 Å². The number of urea groups is 1. The zero-order valence-electron chi connectivity index (χ0n) is 17.2. The lowest BCUT2D eigenvalue weighted by molar-refractivity contribution is 0.259. The van der Waals surface area contributed by atoms with E-state index < -0.39 is 27.8 Å². The zero-order valence-corrected chi connectivity index (χ0v) is 18.0. The van der Waals surface area contributed by atoms with Gasteiger partial charge in [-0.1, -0.05) is 26.0 Å². The van der Waals surface area contributed by atoms with Gasteiger partial charge in [-0.25, -0.2) is 18.1 Å². The first kappa shape index (κ1) is 21.4. The van der Waals surface area contributed by atoms with E-state index in [9.17, 15) is 13.4 Å².